The molecule has 0 aliphatic heterocycles. The maximum atomic E-state index is 5.06. The van der Waals surface area contributed by atoms with Crippen molar-refractivity contribution in [2.45, 2.75) is 19.9 Å². The van der Waals surface area contributed by atoms with Crippen molar-refractivity contribution in [1.82, 2.24) is 10.3 Å². The number of hydrogen-bond acceptors (Lipinski definition) is 4. The SMILES string of the molecule is CCCNCc1cccc(N(C)CCOC)n1. The molecule has 0 amide bonds. The van der Waals surface area contributed by atoms with Crippen molar-refractivity contribution in [2.24, 2.45) is 0 Å². The topological polar surface area (TPSA) is 37.4 Å². The normalized spacial score (nSPS) is 10.5. The van der Waals surface area contributed by atoms with Crippen molar-refractivity contribution in [1.29, 1.82) is 0 Å². The minimum absolute atomic E-state index is 0.719. The highest BCUT2D eigenvalue weighted by Crippen LogP contribution is 2.09. The van der Waals surface area contributed by atoms with Crippen LogP contribution in [0.15, 0.2) is 18.2 Å². The third-order valence-corrected chi connectivity index (χ3v) is 2.55. The van der Waals surface area contributed by atoms with E-state index in [4.69, 9.17) is 4.74 Å². The Labute approximate surface area is 104 Å². The predicted octanol–water partition coefficient (Wildman–Crippen LogP) is 1.66. The van der Waals surface area contributed by atoms with Gasteiger partial charge in [-0.3, -0.25) is 0 Å². The van der Waals surface area contributed by atoms with Gasteiger partial charge in [-0.05, 0) is 25.1 Å². The molecule has 96 valence electrons. The fourth-order valence-electron chi connectivity index (χ4n) is 1.51. The number of hydrogen-bond donors (Lipinski definition) is 1. The molecule has 0 aliphatic rings. The number of likely N-dealkylation sites (N-methyl/N-ethyl adjacent to an activating group) is 1. The van der Waals surface area contributed by atoms with Crippen LogP contribution in [0.5, 0.6) is 0 Å². The zero-order valence-corrected chi connectivity index (χ0v) is 11.1. The molecule has 1 N–H and O–H groups in total. The van der Waals surface area contributed by atoms with Gasteiger partial charge in [0.05, 0.1) is 12.3 Å². The summed E-state index contributed by atoms with van der Waals surface area (Å²) >= 11 is 0. The van der Waals surface area contributed by atoms with E-state index >= 15 is 0 Å². The lowest BCUT2D eigenvalue weighted by molar-refractivity contribution is 0.206. The van der Waals surface area contributed by atoms with Crippen molar-refractivity contribution in [3.63, 3.8) is 0 Å². The summed E-state index contributed by atoms with van der Waals surface area (Å²) in [7, 11) is 3.75. The molecule has 1 aromatic rings. The van der Waals surface area contributed by atoms with Crippen LogP contribution in [0.1, 0.15) is 19.0 Å². The molecule has 0 bridgehead atoms. The maximum absolute atomic E-state index is 5.06. The van der Waals surface area contributed by atoms with Gasteiger partial charge in [-0.1, -0.05) is 13.0 Å². The largest absolute Gasteiger partial charge is 0.383 e. The van der Waals surface area contributed by atoms with Gasteiger partial charge in [0.2, 0.25) is 0 Å². The number of nitrogens with one attached hydrogen (secondary N) is 1. The first-order valence-electron chi connectivity index (χ1n) is 6.14. The zero-order chi connectivity index (χ0) is 12.5. The summed E-state index contributed by atoms with van der Waals surface area (Å²) in [6.07, 6.45) is 1.15. The Morgan fingerprint density at radius 2 is 2.24 bits per heavy atom. The van der Waals surface area contributed by atoms with E-state index in [1.807, 2.05) is 13.1 Å². The average Bonchev–Trinajstić information content (AvgIpc) is 2.36. The Morgan fingerprint density at radius 3 is 2.94 bits per heavy atom. The molecule has 0 fully saturated rings. The molecule has 0 saturated heterocycles. The number of anilines is 1. The minimum Gasteiger partial charge on any atom is -0.383 e. The highest BCUT2D eigenvalue weighted by molar-refractivity contribution is 5.38. The smallest absolute Gasteiger partial charge is 0.128 e. The molecule has 17 heavy (non-hydrogen) atoms. The number of aromatic nitrogens is 1. The van der Waals surface area contributed by atoms with E-state index in [0.29, 0.717) is 0 Å². The lowest BCUT2D eigenvalue weighted by Crippen LogP contribution is -2.23. The monoisotopic (exact) mass is 237 g/mol. The van der Waals surface area contributed by atoms with Crippen molar-refractivity contribution in [3.8, 4) is 0 Å². The van der Waals surface area contributed by atoms with Gasteiger partial charge in [-0.15, -0.1) is 0 Å². The summed E-state index contributed by atoms with van der Waals surface area (Å²) in [5.74, 6) is 0.998. The molecule has 4 nitrogen and oxygen atoms in total. The van der Waals surface area contributed by atoms with Gasteiger partial charge < -0.3 is 15.0 Å². The zero-order valence-electron chi connectivity index (χ0n) is 11.1. The molecule has 4 heteroatoms. The van der Waals surface area contributed by atoms with E-state index in [1.165, 1.54) is 0 Å². The molecule has 0 radical (unpaired) electrons. The Bertz CT molecular complexity index is 317. The van der Waals surface area contributed by atoms with Gasteiger partial charge >= 0.3 is 0 Å². The number of pyridine rings is 1. The highest BCUT2D eigenvalue weighted by atomic mass is 16.5. The third-order valence-electron chi connectivity index (χ3n) is 2.55. The minimum atomic E-state index is 0.719. The molecule has 0 aliphatic carbocycles. The Balaban J connectivity index is 2.52. The van der Waals surface area contributed by atoms with Crippen LogP contribution in [0.2, 0.25) is 0 Å². The van der Waals surface area contributed by atoms with Crippen molar-refractivity contribution < 1.29 is 4.74 Å². The van der Waals surface area contributed by atoms with E-state index < -0.39 is 0 Å². The van der Waals surface area contributed by atoms with Crippen LogP contribution < -0.4 is 10.2 Å². The van der Waals surface area contributed by atoms with E-state index in [-0.39, 0.29) is 0 Å². The Morgan fingerprint density at radius 1 is 1.41 bits per heavy atom. The molecular formula is C13H23N3O. The van der Waals surface area contributed by atoms with E-state index in [2.05, 4.69) is 34.3 Å². The number of nitrogens with zero attached hydrogens (tertiary/aromatic N) is 2. The molecule has 0 saturated carbocycles. The van der Waals surface area contributed by atoms with Crippen molar-refractivity contribution in [2.75, 3.05) is 38.8 Å². The standard InChI is InChI=1S/C13H23N3O/c1-4-8-14-11-12-6-5-7-13(15-12)16(2)9-10-17-3/h5-7,14H,4,8-11H2,1-3H3. The van der Waals surface area contributed by atoms with Crippen LogP contribution in [0.25, 0.3) is 0 Å². The first-order valence-corrected chi connectivity index (χ1v) is 6.14. The molecule has 0 unspecified atom stereocenters. The third kappa shape index (κ3) is 5.15. The number of rotatable bonds is 8. The van der Waals surface area contributed by atoms with Crippen LogP contribution in [0, 0.1) is 0 Å². The van der Waals surface area contributed by atoms with E-state index in [0.717, 1.165) is 44.2 Å². The van der Waals surface area contributed by atoms with Crippen molar-refractivity contribution >= 4 is 5.82 Å². The van der Waals surface area contributed by atoms with Crippen LogP contribution in [0.3, 0.4) is 0 Å². The summed E-state index contributed by atoms with van der Waals surface area (Å²) in [4.78, 5) is 6.71. The fourth-order valence-corrected chi connectivity index (χ4v) is 1.51. The molecular weight excluding hydrogens is 214 g/mol. The Hall–Kier alpha value is -1.13. The lowest BCUT2D eigenvalue weighted by Gasteiger charge is -2.18. The van der Waals surface area contributed by atoms with Crippen molar-refractivity contribution in [3.05, 3.63) is 23.9 Å². The van der Waals surface area contributed by atoms with Gasteiger partial charge in [0.25, 0.3) is 0 Å². The van der Waals surface area contributed by atoms with Gasteiger partial charge in [0.1, 0.15) is 5.82 Å². The second kappa shape index (κ2) is 8.03. The highest BCUT2D eigenvalue weighted by Gasteiger charge is 2.02. The molecule has 1 heterocycles. The van der Waals surface area contributed by atoms with Crippen LogP contribution in [-0.2, 0) is 11.3 Å². The first kappa shape index (κ1) is 13.9. The molecule has 1 aromatic heterocycles. The average molecular weight is 237 g/mol. The maximum Gasteiger partial charge on any atom is 0.128 e. The molecule has 0 atom stereocenters. The van der Waals surface area contributed by atoms with Gasteiger partial charge in [-0.25, -0.2) is 4.98 Å². The summed E-state index contributed by atoms with van der Waals surface area (Å²) in [6.45, 7) is 5.60. The van der Waals surface area contributed by atoms with E-state index in [9.17, 15) is 0 Å². The second-order valence-corrected chi connectivity index (χ2v) is 4.08. The second-order valence-electron chi connectivity index (χ2n) is 4.08. The summed E-state index contributed by atoms with van der Waals surface area (Å²) in [5, 5.41) is 3.35. The molecule has 0 spiro atoms. The van der Waals surface area contributed by atoms with E-state index in [1.54, 1.807) is 7.11 Å². The summed E-state index contributed by atoms with van der Waals surface area (Å²) in [5.41, 5.74) is 1.08. The fraction of sp³-hybridized carbons (Fsp3) is 0.615. The predicted molar refractivity (Wildman–Crippen MR) is 71.4 cm³/mol. The van der Waals surface area contributed by atoms with Gasteiger partial charge in [0, 0.05) is 27.2 Å². The van der Waals surface area contributed by atoms with Gasteiger partial charge in [0.15, 0.2) is 0 Å². The first-order chi connectivity index (χ1) is 8.27. The van der Waals surface area contributed by atoms with Crippen LogP contribution in [0.4, 0.5) is 5.82 Å². The van der Waals surface area contributed by atoms with Crippen LogP contribution in [-0.4, -0.2) is 38.8 Å². The molecule has 1 rings (SSSR count). The summed E-state index contributed by atoms with van der Waals surface area (Å²) < 4.78 is 5.06. The lowest BCUT2D eigenvalue weighted by atomic mass is 10.3. The Kier molecular flexibility index (Phi) is 6.58. The van der Waals surface area contributed by atoms with Gasteiger partial charge in [-0.2, -0.15) is 0 Å². The molecule has 0 aromatic carbocycles. The number of methoxy groups -OCH3 is 1. The number of ether oxygens (including phenoxy) is 1. The summed E-state index contributed by atoms with van der Waals surface area (Å²) in [6, 6.07) is 6.13. The quantitative estimate of drug-likeness (QED) is 0.698. The van der Waals surface area contributed by atoms with Crippen LogP contribution >= 0.6 is 0 Å².